The summed E-state index contributed by atoms with van der Waals surface area (Å²) in [5, 5.41) is 2.59. The second-order valence-electron chi connectivity index (χ2n) is 5.36. The van der Waals surface area contributed by atoms with Crippen LogP contribution in [0.25, 0.3) is 0 Å². The number of hydrogen-bond acceptors (Lipinski definition) is 5. The Kier molecular flexibility index (Phi) is 4.93. The van der Waals surface area contributed by atoms with E-state index < -0.39 is 23.4 Å². The Morgan fingerprint density at radius 3 is 2.41 bits per heavy atom. The molecular formula is C18H13F3N4O2. The number of carbonyl (C=O) groups is 1. The van der Waals surface area contributed by atoms with Crippen LogP contribution in [0, 0.1) is 0 Å². The molecule has 6 nitrogen and oxygen atoms in total. The van der Waals surface area contributed by atoms with Gasteiger partial charge in [-0.2, -0.15) is 18.2 Å². The highest BCUT2D eigenvalue weighted by molar-refractivity contribution is 6.05. The zero-order valence-corrected chi connectivity index (χ0v) is 13.7. The number of ether oxygens (including phenoxy) is 1. The van der Waals surface area contributed by atoms with Gasteiger partial charge < -0.3 is 15.8 Å². The van der Waals surface area contributed by atoms with Crippen molar-refractivity contribution in [2.24, 2.45) is 0 Å². The highest BCUT2D eigenvalue weighted by Crippen LogP contribution is 2.38. The van der Waals surface area contributed by atoms with Crippen LogP contribution in [-0.4, -0.2) is 15.9 Å². The summed E-state index contributed by atoms with van der Waals surface area (Å²) in [4.78, 5) is 20.0. The Labute approximate surface area is 151 Å². The van der Waals surface area contributed by atoms with Crippen LogP contribution in [0.4, 0.5) is 24.8 Å². The second-order valence-corrected chi connectivity index (χ2v) is 5.36. The van der Waals surface area contributed by atoms with Crippen LogP contribution in [0.2, 0.25) is 0 Å². The van der Waals surface area contributed by atoms with E-state index in [2.05, 4.69) is 15.3 Å². The molecule has 3 aromatic rings. The Balaban J connectivity index is 1.95. The van der Waals surface area contributed by atoms with E-state index >= 15 is 0 Å². The number of hydrogen-bond donors (Lipinski definition) is 2. The molecule has 138 valence electrons. The number of nitrogen functional groups attached to an aromatic ring is 1. The van der Waals surface area contributed by atoms with Crippen molar-refractivity contribution in [3.8, 4) is 11.6 Å². The molecule has 1 amide bonds. The quantitative estimate of drug-likeness (QED) is 0.717. The number of nitrogens with two attached hydrogens (primary N) is 1. The number of nitrogens with zero attached hydrogens (tertiary/aromatic N) is 2. The molecule has 0 fully saturated rings. The first kappa shape index (κ1) is 18.2. The summed E-state index contributed by atoms with van der Waals surface area (Å²) in [6.45, 7) is 0. The van der Waals surface area contributed by atoms with Crippen LogP contribution in [-0.2, 0) is 6.18 Å². The number of amides is 1. The minimum Gasteiger partial charge on any atom is -0.437 e. The van der Waals surface area contributed by atoms with Crippen molar-refractivity contribution in [3.05, 3.63) is 71.9 Å². The van der Waals surface area contributed by atoms with Crippen molar-refractivity contribution in [1.29, 1.82) is 0 Å². The largest absolute Gasteiger partial charge is 0.437 e. The Hall–Kier alpha value is -3.62. The van der Waals surface area contributed by atoms with Crippen LogP contribution < -0.4 is 15.8 Å². The van der Waals surface area contributed by atoms with Gasteiger partial charge in [0.25, 0.3) is 5.91 Å². The smallest absolute Gasteiger partial charge is 0.419 e. The van der Waals surface area contributed by atoms with E-state index in [0.717, 1.165) is 18.3 Å². The predicted molar refractivity (Wildman–Crippen MR) is 92.4 cm³/mol. The Morgan fingerprint density at radius 1 is 1.04 bits per heavy atom. The molecule has 0 aliphatic carbocycles. The molecule has 1 heterocycles. The molecule has 0 unspecified atom stereocenters. The van der Waals surface area contributed by atoms with Gasteiger partial charge in [-0.3, -0.25) is 4.79 Å². The average molecular weight is 374 g/mol. The maximum Gasteiger partial charge on any atom is 0.419 e. The molecule has 1 aromatic heterocycles. The fourth-order valence-corrected chi connectivity index (χ4v) is 2.23. The van der Waals surface area contributed by atoms with Gasteiger partial charge in [-0.15, -0.1) is 0 Å². The van der Waals surface area contributed by atoms with Crippen molar-refractivity contribution >= 4 is 17.5 Å². The zero-order valence-electron chi connectivity index (χ0n) is 13.7. The van der Waals surface area contributed by atoms with Gasteiger partial charge in [0.1, 0.15) is 11.3 Å². The van der Waals surface area contributed by atoms with Crippen LogP contribution in [0.3, 0.4) is 0 Å². The monoisotopic (exact) mass is 374 g/mol. The number of alkyl halides is 3. The van der Waals surface area contributed by atoms with Crippen molar-refractivity contribution in [1.82, 2.24) is 9.97 Å². The number of anilines is 2. The summed E-state index contributed by atoms with van der Waals surface area (Å²) in [5.41, 5.74) is 4.82. The lowest BCUT2D eigenvalue weighted by Gasteiger charge is -2.15. The third kappa shape index (κ3) is 4.32. The minimum absolute atomic E-state index is 0.162. The van der Waals surface area contributed by atoms with Gasteiger partial charge in [-0.1, -0.05) is 30.3 Å². The third-order valence-corrected chi connectivity index (χ3v) is 3.45. The number of benzene rings is 2. The first-order chi connectivity index (χ1) is 12.8. The molecule has 0 spiro atoms. The highest BCUT2D eigenvalue weighted by Gasteiger charge is 2.34. The summed E-state index contributed by atoms with van der Waals surface area (Å²) >= 11 is 0. The van der Waals surface area contributed by atoms with E-state index in [-0.39, 0.29) is 17.4 Å². The fourth-order valence-electron chi connectivity index (χ4n) is 2.23. The van der Waals surface area contributed by atoms with Gasteiger partial charge in [-0.25, -0.2) is 4.98 Å². The van der Waals surface area contributed by atoms with E-state index in [0.29, 0.717) is 5.69 Å². The summed E-state index contributed by atoms with van der Waals surface area (Å²) in [6.07, 6.45) is -3.55. The van der Waals surface area contributed by atoms with Crippen LogP contribution in [0.15, 0.2) is 60.8 Å². The molecule has 0 bridgehead atoms. The lowest BCUT2D eigenvalue weighted by Crippen LogP contribution is -2.15. The van der Waals surface area contributed by atoms with Crippen molar-refractivity contribution in [2.45, 2.75) is 6.18 Å². The summed E-state index contributed by atoms with van der Waals surface area (Å²) < 4.78 is 44.8. The van der Waals surface area contributed by atoms with Gasteiger partial charge >= 0.3 is 6.18 Å². The molecule has 0 saturated carbocycles. The molecule has 0 saturated heterocycles. The predicted octanol–water partition coefficient (Wildman–Crippen LogP) is 4.12. The third-order valence-electron chi connectivity index (χ3n) is 3.45. The molecule has 2 aromatic carbocycles. The lowest BCUT2D eigenvalue weighted by molar-refractivity contribution is -0.138. The summed E-state index contributed by atoms with van der Waals surface area (Å²) in [6, 6.07) is 13.1. The Morgan fingerprint density at radius 2 is 1.70 bits per heavy atom. The molecule has 0 atom stereocenters. The Bertz CT molecular complexity index is 962. The van der Waals surface area contributed by atoms with Crippen LogP contribution >= 0.6 is 0 Å². The standard InChI is InChI=1S/C18H13F3N4O2/c19-18(20,21)13-8-4-5-9-14(13)27-16-12(10-23-17(22)25-16)15(26)24-11-6-2-1-3-7-11/h1-10H,(H,24,26)(H2,22,23,25). The number of carbonyl (C=O) groups excluding carboxylic acids is 1. The first-order valence-electron chi connectivity index (χ1n) is 7.67. The van der Waals surface area contributed by atoms with Crippen molar-refractivity contribution in [3.63, 3.8) is 0 Å². The number of para-hydroxylation sites is 2. The molecule has 0 aliphatic heterocycles. The van der Waals surface area contributed by atoms with E-state index in [1.807, 2.05) is 0 Å². The van der Waals surface area contributed by atoms with Gasteiger partial charge in [0.05, 0.1) is 5.56 Å². The molecule has 3 N–H and O–H groups in total. The fraction of sp³-hybridized carbons (Fsp3) is 0.0556. The number of nitrogens with one attached hydrogen (secondary N) is 1. The molecule has 9 heteroatoms. The second kappa shape index (κ2) is 7.32. The van der Waals surface area contributed by atoms with Crippen LogP contribution in [0.1, 0.15) is 15.9 Å². The van der Waals surface area contributed by atoms with E-state index in [4.69, 9.17) is 10.5 Å². The van der Waals surface area contributed by atoms with Gasteiger partial charge in [-0.05, 0) is 24.3 Å². The number of rotatable bonds is 4. The average Bonchev–Trinajstić information content (AvgIpc) is 2.62. The van der Waals surface area contributed by atoms with Crippen molar-refractivity contribution < 1.29 is 22.7 Å². The molecular weight excluding hydrogens is 361 g/mol. The SMILES string of the molecule is Nc1ncc(C(=O)Nc2ccccc2)c(Oc2ccccc2C(F)(F)F)n1. The molecule has 3 rings (SSSR count). The van der Waals surface area contributed by atoms with Crippen LogP contribution in [0.5, 0.6) is 11.6 Å². The topological polar surface area (TPSA) is 90.1 Å². The van der Waals surface area contributed by atoms with Gasteiger partial charge in [0, 0.05) is 11.9 Å². The zero-order chi connectivity index (χ0) is 19.4. The summed E-state index contributed by atoms with van der Waals surface area (Å²) in [5.74, 6) is -1.78. The van der Waals surface area contributed by atoms with E-state index in [1.165, 1.54) is 12.1 Å². The van der Waals surface area contributed by atoms with Crippen molar-refractivity contribution in [2.75, 3.05) is 11.1 Å². The number of aromatic nitrogens is 2. The normalized spacial score (nSPS) is 11.1. The van der Waals surface area contributed by atoms with Gasteiger partial charge in [0.15, 0.2) is 0 Å². The molecule has 0 aliphatic rings. The van der Waals surface area contributed by atoms with E-state index in [9.17, 15) is 18.0 Å². The molecule has 27 heavy (non-hydrogen) atoms. The summed E-state index contributed by atoms with van der Waals surface area (Å²) in [7, 11) is 0. The maximum absolute atomic E-state index is 13.2. The van der Waals surface area contributed by atoms with E-state index in [1.54, 1.807) is 30.3 Å². The number of halogens is 3. The first-order valence-corrected chi connectivity index (χ1v) is 7.67. The minimum atomic E-state index is -4.64. The maximum atomic E-state index is 13.2. The molecule has 0 radical (unpaired) electrons. The van der Waals surface area contributed by atoms with Gasteiger partial charge in [0.2, 0.25) is 11.8 Å². The highest BCUT2D eigenvalue weighted by atomic mass is 19.4. The lowest BCUT2D eigenvalue weighted by atomic mass is 10.2.